The number of benzene rings is 3. The zero-order chi connectivity index (χ0) is 17.5. The van der Waals surface area contributed by atoms with E-state index in [1.807, 2.05) is 72.8 Å². The average molecular weight is 333 g/mol. The topological polar surface area (TPSA) is 55.4 Å². The van der Waals surface area contributed by atoms with Crippen molar-refractivity contribution >= 4 is 22.6 Å². The molecule has 3 rings (SSSR count). The van der Waals surface area contributed by atoms with E-state index in [9.17, 15) is 9.59 Å². The van der Waals surface area contributed by atoms with Crippen molar-refractivity contribution in [2.45, 2.75) is 13.0 Å². The van der Waals surface area contributed by atoms with Gasteiger partial charge in [-0.1, -0.05) is 72.8 Å². The molecule has 0 aliphatic carbocycles. The zero-order valence-electron chi connectivity index (χ0n) is 13.8. The number of ether oxygens (including phenoxy) is 1. The van der Waals surface area contributed by atoms with Crippen LogP contribution in [-0.2, 0) is 27.4 Å². The molecule has 0 bridgehead atoms. The van der Waals surface area contributed by atoms with Crippen LogP contribution in [0.3, 0.4) is 0 Å². The summed E-state index contributed by atoms with van der Waals surface area (Å²) in [7, 11) is 0. The van der Waals surface area contributed by atoms with Gasteiger partial charge in [0.15, 0.2) is 0 Å². The number of hydrogen-bond acceptors (Lipinski definition) is 3. The fourth-order valence-electron chi connectivity index (χ4n) is 2.64. The highest BCUT2D eigenvalue weighted by Gasteiger charge is 2.08. The molecule has 0 unspecified atom stereocenters. The van der Waals surface area contributed by atoms with Crippen LogP contribution in [0.5, 0.6) is 0 Å². The van der Waals surface area contributed by atoms with E-state index in [1.54, 1.807) is 0 Å². The highest BCUT2D eigenvalue weighted by Crippen LogP contribution is 2.19. The van der Waals surface area contributed by atoms with Gasteiger partial charge in [0.1, 0.15) is 13.2 Å². The quantitative estimate of drug-likeness (QED) is 0.705. The number of carbonyl (C=O) groups excluding carboxylic acids is 2. The molecule has 0 aliphatic rings. The standard InChI is InChI=1S/C21H19NO3/c23-20(13-16-7-2-1-3-8-16)22-14-21(24)25-15-18-11-6-10-17-9-4-5-12-19(17)18/h1-12H,13-15H2,(H,22,23). The highest BCUT2D eigenvalue weighted by molar-refractivity contribution is 5.86. The maximum Gasteiger partial charge on any atom is 0.325 e. The summed E-state index contributed by atoms with van der Waals surface area (Å²) >= 11 is 0. The Balaban J connectivity index is 1.49. The summed E-state index contributed by atoms with van der Waals surface area (Å²) in [6.07, 6.45) is 0.247. The van der Waals surface area contributed by atoms with Crippen LogP contribution in [-0.4, -0.2) is 18.4 Å². The lowest BCUT2D eigenvalue weighted by Gasteiger charge is -2.09. The van der Waals surface area contributed by atoms with Crippen molar-refractivity contribution < 1.29 is 14.3 Å². The first-order chi connectivity index (χ1) is 12.2. The molecule has 3 aromatic carbocycles. The maximum absolute atomic E-state index is 11.9. The van der Waals surface area contributed by atoms with Crippen LogP contribution in [0.4, 0.5) is 0 Å². The van der Waals surface area contributed by atoms with Gasteiger partial charge < -0.3 is 10.1 Å². The molecule has 25 heavy (non-hydrogen) atoms. The number of amides is 1. The van der Waals surface area contributed by atoms with Gasteiger partial charge in [-0.2, -0.15) is 0 Å². The Morgan fingerprint density at radius 3 is 2.40 bits per heavy atom. The minimum Gasteiger partial charge on any atom is -0.459 e. The number of carbonyl (C=O) groups is 2. The molecule has 126 valence electrons. The smallest absolute Gasteiger partial charge is 0.325 e. The molecule has 0 heterocycles. The van der Waals surface area contributed by atoms with Crippen molar-refractivity contribution in [3.8, 4) is 0 Å². The van der Waals surface area contributed by atoms with Crippen LogP contribution in [0, 0.1) is 0 Å². The molecule has 1 N–H and O–H groups in total. The number of esters is 1. The van der Waals surface area contributed by atoms with Crippen molar-refractivity contribution in [3.63, 3.8) is 0 Å². The second-order valence-electron chi connectivity index (χ2n) is 5.74. The van der Waals surface area contributed by atoms with Crippen molar-refractivity contribution in [2.24, 2.45) is 0 Å². The van der Waals surface area contributed by atoms with Crippen LogP contribution >= 0.6 is 0 Å². The Bertz CT molecular complexity index is 869. The van der Waals surface area contributed by atoms with Gasteiger partial charge in [0.05, 0.1) is 6.42 Å². The Kier molecular flexibility index (Phi) is 5.42. The molecule has 0 aliphatic heterocycles. The van der Waals surface area contributed by atoms with E-state index in [4.69, 9.17) is 4.74 Å². The fraction of sp³-hybridized carbons (Fsp3) is 0.143. The molecule has 0 saturated heterocycles. The molecule has 0 radical (unpaired) electrons. The van der Waals surface area contributed by atoms with Crippen molar-refractivity contribution in [1.82, 2.24) is 5.32 Å². The minimum atomic E-state index is -0.450. The van der Waals surface area contributed by atoms with Crippen molar-refractivity contribution in [3.05, 3.63) is 83.9 Å². The first-order valence-corrected chi connectivity index (χ1v) is 8.15. The number of fused-ring (bicyclic) bond motifs is 1. The third-order valence-corrected chi connectivity index (χ3v) is 3.91. The second kappa shape index (κ2) is 8.11. The molecule has 0 fully saturated rings. The van der Waals surface area contributed by atoms with Gasteiger partial charge in [0.2, 0.25) is 5.91 Å². The average Bonchev–Trinajstić information content (AvgIpc) is 2.65. The van der Waals surface area contributed by atoms with Gasteiger partial charge in [-0.05, 0) is 21.9 Å². The molecule has 0 saturated carbocycles. The van der Waals surface area contributed by atoms with E-state index in [1.165, 1.54) is 0 Å². The third kappa shape index (κ3) is 4.67. The zero-order valence-corrected chi connectivity index (χ0v) is 13.8. The Morgan fingerprint density at radius 2 is 1.56 bits per heavy atom. The van der Waals surface area contributed by atoms with Crippen molar-refractivity contribution in [1.29, 1.82) is 0 Å². The van der Waals surface area contributed by atoms with Gasteiger partial charge in [-0.15, -0.1) is 0 Å². The number of rotatable bonds is 6. The summed E-state index contributed by atoms with van der Waals surface area (Å²) < 4.78 is 5.28. The molecule has 4 heteroatoms. The molecule has 4 nitrogen and oxygen atoms in total. The number of nitrogens with one attached hydrogen (secondary N) is 1. The Labute approximate surface area is 146 Å². The summed E-state index contributed by atoms with van der Waals surface area (Å²) in [5.74, 6) is -0.650. The predicted octanol–water partition coefficient (Wildman–Crippen LogP) is 3.24. The first-order valence-electron chi connectivity index (χ1n) is 8.15. The van der Waals surface area contributed by atoms with Gasteiger partial charge in [-0.25, -0.2) is 0 Å². The Morgan fingerprint density at radius 1 is 0.840 bits per heavy atom. The monoisotopic (exact) mass is 333 g/mol. The minimum absolute atomic E-state index is 0.129. The van der Waals surface area contributed by atoms with Gasteiger partial charge >= 0.3 is 5.97 Å². The predicted molar refractivity (Wildman–Crippen MR) is 96.9 cm³/mol. The van der Waals surface area contributed by atoms with E-state index >= 15 is 0 Å². The maximum atomic E-state index is 11.9. The fourth-order valence-corrected chi connectivity index (χ4v) is 2.64. The molecule has 3 aromatic rings. The van der Waals surface area contributed by atoms with Gasteiger partial charge in [0, 0.05) is 0 Å². The van der Waals surface area contributed by atoms with E-state index < -0.39 is 5.97 Å². The van der Waals surface area contributed by atoms with Crippen LogP contribution in [0.25, 0.3) is 10.8 Å². The van der Waals surface area contributed by atoms with E-state index in [-0.39, 0.29) is 25.5 Å². The van der Waals surface area contributed by atoms with Crippen LogP contribution < -0.4 is 5.32 Å². The third-order valence-electron chi connectivity index (χ3n) is 3.91. The SMILES string of the molecule is O=C(Cc1ccccc1)NCC(=O)OCc1cccc2ccccc12. The molecule has 0 spiro atoms. The van der Waals surface area contributed by atoms with Crippen molar-refractivity contribution in [2.75, 3.05) is 6.54 Å². The Hall–Kier alpha value is -3.14. The van der Waals surface area contributed by atoms with Gasteiger partial charge in [-0.3, -0.25) is 9.59 Å². The lowest BCUT2D eigenvalue weighted by molar-refractivity contribution is -0.145. The summed E-state index contributed by atoms with van der Waals surface area (Å²) in [5.41, 5.74) is 1.85. The van der Waals surface area contributed by atoms with Gasteiger partial charge in [0.25, 0.3) is 0 Å². The summed E-state index contributed by atoms with van der Waals surface area (Å²) in [4.78, 5) is 23.7. The molecule has 1 amide bonds. The van der Waals surface area contributed by atoms with E-state index in [0.717, 1.165) is 21.9 Å². The largest absolute Gasteiger partial charge is 0.459 e. The lowest BCUT2D eigenvalue weighted by Crippen LogP contribution is -2.31. The molecule has 0 atom stereocenters. The van der Waals surface area contributed by atoms with E-state index in [2.05, 4.69) is 5.32 Å². The summed E-state index contributed by atoms with van der Waals surface area (Å²) in [6.45, 7) is 0.0607. The highest BCUT2D eigenvalue weighted by atomic mass is 16.5. The molecular formula is C21H19NO3. The summed E-state index contributed by atoms with van der Waals surface area (Å²) in [6, 6.07) is 23.2. The second-order valence-corrected chi connectivity index (χ2v) is 5.74. The molecular weight excluding hydrogens is 314 g/mol. The van der Waals surface area contributed by atoms with E-state index in [0.29, 0.717) is 0 Å². The first kappa shape index (κ1) is 16.7. The lowest BCUT2D eigenvalue weighted by atomic mass is 10.1. The van der Waals surface area contributed by atoms with Crippen LogP contribution in [0.1, 0.15) is 11.1 Å². The van der Waals surface area contributed by atoms with Crippen LogP contribution in [0.15, 0.2) is 72.8 Å². The molecule has 0 aromatic heterocycles. The normalized spacial score (nSPS) is 10.4. The number of hydrogen-bond donors (Lipinski definition) is 1. The summed E-state index contributed by atoms with van der Waals surface area (Å²) in [5, 5.41) is 4.76. The van der Waals surface area contributed by atoms with Crippen LogP contribution in [0.2, 0.25) is 0 Å².